The number of rotatable bonds is 8. The number of methoxy groups -OCH3 is 1. The van der Waals surface area contributed by atoms with Crippen LogP contribution in [-0.4, -0.2) is 40.9 Å². The lowest BCUT2D eigenvalue weighted by Gasteiger charge is -2.07. The van der Waals surface area contributed by atoms with Gasteiger partial charge in [-0.05, 0) is 60.6 Å². The van der Waals surface area contributed by atoms with Gasteiger partial charge >= 0.3 is 0 Å². The zero-order valence-electron chi connectivity index (χ0n) is 17.2. The smallest absolute Gasteiger partial charge is 0.280 e. The Morgan fingerprint density at radius 2 is 2.16 bits per heavy atom. The van der Waals surface area contributed by atoms with Crippen LogP contribution in [0.5, 0.6) is 0 Å². The highest BCUT2D eigenvalue weighted by molar-refractivity contribution is 5.93. The van der Waals surface area contributed by atoms with Crippen LogP contribution < -0.4 is 10.9 Å². The van der Waals surface area contributed by atoms with Gasteiger partial charge in [0.1, 0.15) is 0 Å². The molecule has 31 heavy (non-hydrogen) atoms. The summed E-state index contributed by atoms with van der Waals surface area (Å²) < 4.78 is 6.31. The molecule has 158 valence electrons. The number of hydrogen-bond acceptors (Lipinski definition) is 5. The van der Waals surface area contributed by atoms with Crippen molar-refractivity contribution < 1.29 is 9.53 Å². The van der Waals surface area contributed by atoms with Crippen LogP contribution in [0.25, 0.3) is 16.9 Å². The highest BCUT2D eigenvalue weighted by Gasteiger charge is 2.28. The third-order valence-corrected chi connectivity index (χ3v) is 5.31. The highest BCUT2D eigenvalue weighted by atomic mass is 16.5. The molecule has 4 rings (SSSR count). The number of H-pyrrole nitrogens is 1. The van der Waals surface area contributed by atoms with Crippen molar-refractivity contribution in [3.8, 4) is 23.0 Å². The van der Waals surface area contributed by atoms with Crippen molar-refractivity contribution in [1.82, 2.24) is 20.1 Å². The molecule has 0 radical (unpaired) electrons. The van der Waals surface area contributed by atoms with Crippen molar-refractivity contribution in [3.05, 3.63) is 69.8 Å². The maximum absolute atomic E-state index is 13.1. The minimum absolute atomic E-state index is 0.221. The minimum atomic E-state index is -0.226. The van der Waals surface area contributed by atoms with Gasteiger partial charge in [0.15, 0.2) is 5.82 Å². The van der Waals surface area contributed by atoms with Crippen LogP contribution >= 0.6 is 0 Å². The lowest BCUT2D eigenvalue weighted by atomic mass is 9.96. The van der Waals surface area contributed by atoms with Crippen molar-refractivity contribution in [2.45, 2.75) is 25.2 Å². The van der Waals surface area contributed by atoms with Gasteiger partial charge in [0.25, 0.3) is 11.5 Å². The van der Waals surface area contributed by atoms with Gasteiger partial charge in [-0.15, -0.1) is 0 Å². The average Bonchev–Trinajstić information content (AvgIpc) is 3.58. The third kappa shape index (κ3) is 4.42. The van der Waals surface area contributed by atoms with Crippen LogP contribution in [0.2, 0.25) is 0 Å². The Morgan fingerprint density at radius 3 is 2.84 bits per heavy atom. The first-order valence-corrected chi connectivity index (χ1v) is 10.2. The van der Waals surface area contributed by atoms with Gasteiger partial charge in [-0.2, -0.15) is 5.26 Å². The Bertz CT molecular complexity index is 1180. The summed E-state index contributed by atoms with van der Waals surface area (Å²) in [6, 6.07) is 10.9. The number of pyridine rings is 1. The Labute approximate surface area is 179 Å². The van der Waals surface area contributed by atoms with Crippen LogP contribution in [0, 0.1) is 11.3 Å². The van der Waals surface area contributed by atoms with E-state index in [-0.39, 0.29) is 11.5 Å². The summed E-state index contributed by atoms with van der Waals surface area (Å²) in [7, 11) is 1.62. The van der Waals surface area contributed by atoms with E-state index in [0.29, 0.717) is 41.6 Å². The molecule has 0 spiro atoms. The molecular weight excluding hydrogens is 394 g/mol. The highest BCUT2D eigenvalue weighted by Crippen LogP contribution is 2.44. The summed E-state index contributed by atoms with van der Waals surface area (Å²) in [5.74, 6) is 0.570. The summed E-state index contributed by atoms with van der Waals surface area (Å²) in [6.45, 7) is 1.10. The number of carbonyl (C=O) groups excluding carboxylic acids is 1. The molecule has 2 heterocycles. The van der Waals surface area contributed by atoms with Gasteiger partial charge < -0.3 is 10.1 Å². The maximum Gasteiger partial charge on any atom is 0.280 e. The van der Waals surface area contributed by atoms with Crippen LogP contribution in [-0.2, 0) is 4.74 Å². The molecule has 3 aromatic rings. The third-order valence-electron chi connectivity index (χ3n) is 5.31. The van der Waals surface area contributed by atoms with E-state index in [9.17, 15) is 14.9 Å². The number of carbonyl (C=O) groups is 1. The standard InChI is InChI=1S/C23H23N5O3/c1-31-10-2-9-25-22(29)17-6-8-21(26-13-17)28-23(30)20(14-27-28)18-7-3-15(12-24)11-19(18)16-4-5-16/h3,6-8,11,13-14,16,27H,2,4-5,9-10H2,1H3,(H,25,29). The van der Waals surface area contributed by atoms with Crippen LogP contribution in [0.4, 0.5) is 0 Å². The quantitative estimate of drug-likeness (QED) is 0.547. The molecule has 0 saturated heterocycles. The van der Waals surface area contributed by atoms with E-state index < -0.39 is 0 Å². The number of aromatic nitrogens is 3. The lowest BCUT2D eigenvalue weighted by Crippen LogP contribution is -2.25. The van der Waals surface area contributed by atoms with Gasteiger partial charge in [0, 0.05) is 32.7 Å². The van der Waals surface area contributed by atoms with E-state index in [1.165, 1.54) is 10.9 Å². The summed E-state index contributed by atoms with van der Waals surface area (Å²) in [6.07, 6.45) is 5.97. The van der Waals surface area contributed by atoms with E-state index in [1.54, 1.807) is 31.5 Å². The number of benzene rings is 1. The normalized spacial score (nSPS) is 13.0. The van der Waals surface area contributed by atoms with E-state index in [0.717, 1.165) is 30.4 Å². The van der Waals surface area contributed by atoms with E-state index in [2.05, 4.69) is 21.5 Å². The predicted octanol–water partition coefficient (Wildman–Crippen LogP) is 2.74. The Morgan fingerprint density at radius 1 is 1.32 bits per heavy atom. The van der Waals surface area contributed by atoms with Gasteiger partial charge in [-0.25, -0.2) is 9.67 Å². The molecule has 1 aliphatic rings. The molecule has 1 amide bonds. The van der Waals surface area contributed by atoms with Crippen LogP contribution in [0.1, 0.15) is 46.7 Å². The molecule has 0 atom stereocenters. The molecule has 0 bridgehead atoms. The fourth-order valence-electron chi connectivity index (χ4n) is 3.52. The van der Waals surface area contributed by atoms with Gasteiger partial charge in [-0.3, -0.25) is 14.7 Å². The number of hydrogen-bond donors (Lipinski definition) is 2. The number of nitrogens with zero attached hydrogens (tertiary/aromatic N) is 3. The average molecular weight is 417 g/mol. The Kier molecular flexibility index (Phi) is 5.96. The molecule has 8 nitrogen and oxygen atoms in total. The molecule has 1 aromatic carbocycles. The largest absolute Gasteiger partial charge is 0.385 e. The molecule has 8 heteroatoms. The van der Waals surface area contributed by atoms with E-state index >= 15 is 0 Å². The second-order valence-electron chi connectivity index (χ2n) is 7.52. The Hall–Kier alpha value is -3.70. The van der Waals surface area contributed by atoms with E-state index in [1.807, 2.05) is 12.1 Å². The van der Waals surface area contributed by atoms with Gasteiger partial charge in [0.05, 0.1) is 22.8 Å². The minimum Gasteiger partial charge on any atom is -0.385 e. The van der Waals surface area contributed by atoms with Crippen molar-refractivity contribution in [2.75, 3.05) is 20.3 Å². The second-order valence-corrected chi connectivity index (χ2v) is 7.52. The summed E-state index contributed by atoms with van der Waals surface area (Å²) in [5.41, 5.74) is 3.21. The molecule has 1 saturated carbocycles. The molecule has 0 unspecified atom stereocenters. The van der Waals surface area contributed by atoms with Crippen molar-refractivity contribution >= 4 is 5.91 Å². The molecular formula is C23H23N5O3. The first-order valence-electron chi connectivity index (χ1n) is 10.2. The monoisotopic (exact) mass is 417 g/mol. The number of nitriles is 1. The Balaban J connectivity index is 1.56. The van der Waals surface area contributed by atoms with Gasteiger partial charge in [-0.1, -0.05) is 6.07 Å². The predicted molar refractivity (Wildman–Crippen MR) is 115 cm³/mol. The SMILES string of the molecule is COCCCNC(=O)c1ccc(-n2[nH]cc(-c3ccc(C#N)cc3C3CC3)c2=O)nc1. The van der Waals surface area contributed by atoms with E-state index in [4.69, 9.17) is 4.74 Å². The number of ether oxygens (including phenoxy) is 1. The zero-order chi connectivity index (χ0) is 21.8. The van der Waals surface area contributed by atoms with Crippen molar-refractivity contribution in [1.29, 1.82) is 5.26 Å². The topological polar surface area (TPSA) is 113 Å². The second kappa shape index (κ2) is 8.98. The molecule has 1 aliphatic carbocycles. The van der Waals surface area contributed by atoms with Crippen LogP contribution in [0.3, 0.4) is 0 Å². The molecule has 2 aromatic heterocycles. The molecule has 2 N–H and O–H groups in total. The molecule has 1 fully saturated rings. The number of nitrogens with one attached hydrogen (secondary N) is 2. The maximum atomic E-state index is 13.1. The number of amides is 1. The fraction of sp³-hybridized carbons (Fsp3) is 0.304. The summed E-state index contributed by atoms with van der Waals surface area (Å²) >= 11 is 0. The van der Waals surface area contributed by atoms with Crippen molar-refractivity contribution in [3.63, 3.8) is 0 Å². The summed E-state index contributed by atoms with van der Waals surface area (Å²) in [4.78, 5) is 29.5. The fourth-order valence-corrected chi connectivity index (χ4v) is 3.52. The molecule has 0 aliphatic heterocycles. The number of aromatic amines is 1. The van der Waals surface area contributed by atoms with Gasteiger partial charge in [0.2, 0.25) is 0 Å². The summed E-state index contributed by atoms with van der Waals surface area (Å²) in [5, 5.41) is 15.0. The first-order chi connectivity index (χ1) is 15.1. The van der Waals surface area contributed by atoms with Crippen LogP contribution in [0.15, 0.2) is 47.5 Å². The first kappa shape index (κ1) is 20.6. The zero-order valence-corrected chi connectivity index (χ0v) is 17.2. The lowest BCUT2D eigenvalue weighted by molar-refractivity contribution is 0.0948. The van der Waals surface area contributed by atoms with Crippen molar-refractivity contribution in [2.24, 2.45) is 0 Å².